The third kappa shape index (κ3) is 4.69. The predicted octanol–water partition coefficient (Wildman–Crippen LogP) is 6.67. The number of halogens is 2. The van der Waals surface area contributed by atoms with Gasteiger partial charge >= 0.3 is 0 Å². The second kappa shape index (κ2) is 9.35. The van der Waals surface area contributed by atoms with E-state index in [0.717, 1.165) is 33.5 Å². The van der Waals surface area contributed by atoms with E-state index in [0.29, 0.717) is 13.2 Å². The topological polar surface area (TPSA) is 27.1 Å². The molecule has 0 saturated carbocycles. The molecule has 1 atom stereocenters. The zero-order chi connectivity index (χ0) is 22.6. The van der Waals surface area contributed by atoms with Crippen LogP contribution in [0.1, 0.15) is 28.6 Å². The van der Waals surface area contributed by atoms with Gasteiger partial charge in [0.25, 0.3) is 0 Å². The summed E-state index contributed by atoms with van der Waals surface area (Å²) < 4.78 is 35.3. The number of ether oxygens (including phenoxy) is 1. The molecule has 0 aliphatic rings. The number of rotatable bonds is 7. The van der Waals surface area contributed by atoms with Crippen molar-refractivity contribution in [1.82, 2.24) is 9.55 Å². The molecule has 0 radical (unpaired) electrons. The van der Waals surface area contributed by atoms with Crippen LogP contribution in [-0.2, 0) is 17.9 Å². The molecule has 5 rings (SSSR count). The second-order valence-corrected chi connectivity index (χ2v) is 7.90. The largest absolute Gasteiger partial charge is 0.361 e. The van der Waals surface area contributed by atoms with E-state index >= 15 is 0 Å². The van der Waals surface area contributed by atoms with Crippen molar-refractivity contribution >= 4 is 11.0 Å². The SMILES string of the molecule is Fc1ccc(COC(c2ccccc2)c2nc3ccccc3n2Cc2ccc(F)cc2)cc1. The summed E-state index contributed by atoms with van der Waals surface area (Å²) in [5, 5.41) is 0. The standard InChI is InChI=1S/C28H22F2N2O/c29-23-14-10-20(11-15-23)18-32-26-9-5-4-8-25(26)31-28(32)27(22-6-2-1-3-7-22)33-19-21-12-16-24(30)17-13-21/h1-17,27H,18-19H2. The summed E-state index contributed by atoms with van der Waals surface area (Å²) in [5.41, 5.74) is 4.64. The molecule has 0 fully saturated rings. The van der Waals surface area contributed by atoms with Crippen molar-refractivity contribution in [1.29, 1.82) is 0 Å². The highest BCUT2D eigenvalue weighted by Gasteiger charge is 2.23. The Morgan fingerprint density at radius 3 is 2.00 bits per heavy atom. The van der Waals surface area contributed by atoms with E-state index in [1.54, 1.807) is 24.3 Å². The molecular formula is C28H22F2N2O. The molecule has 0 N–H and O–H groups in total. The van der Waals surface area contributed by atoms with E-state index in [4.69, 9.17) is 9.72 Å². The van der Waals surface area contributed by atoms with Gasteiger partial charge in [0, 0.05) is 6.54 Å². The Morgan fingerprint density at radius 2 is 1.30 bits per heavy atom. The average molecular weight is 440 g/mol. The molecule has 0 spiro atoms. The molecule has 5 heteroatoms. The fourth-order valence-corrected chi connectivity index (χ4v) is 3.94. The number of hydrogen-bond acceptors (Lipinski definition) is 2. The Morgan fingerprint density at radius 1 is 0.697 bits per heavy atom. The lowest BCUT2D eigenvalue weighted by molar-refractivity contribution is 0.0592. The van der Waals surface area contributed by atoms with Gasteiger partial charge in [0.2, 0.25) is 0 Å². The smallest absolute Gasteiger partial charge is 0.144 e. The van der Waals surface area contributed by atoms with Crippen molar-refractivity contribution in [3.8, 4) is 0 Å². The average Bonchev–Trinajstić information content (AvgIpc) is 3.20. The monoisotopic (exact) mass is 440 g/mol. The summed E-state index contributed by atoms with van der Waals surface area (Å²) in [7, 11) is 0. The fourth-order valence-electron chi connectivity index (χ4n) is 3.94. The highest BCUT2D eigenvalue weighted by atomic mass is 19.1. The number of nitrogens with zero attached hydrogens (tertiary/aromatic N) is 2. The van der Waals surface area contributed by atoms with Crippen molar-refractivity contribution in [3.63, 3.8) is 0 Å². The zero-order valence-corrected chi connectivity index (χ0v) is 17.9. The molecule has 1 aromatic heterocycles. The normalized spacial score (nSPS) is 12.2. The highest BCUT2D eigenvalue weighted by Crippen LogP contribution is 2.30. The lowest BCUT2D eigenvalue weighted by atomic mass is 10.1. The predicted molar refractivity (Wildman–Crippen MR) is 125 cm³/mol. The van der Waals surface area contributed by atoms with Crippen molar-refractivity contribution in [3.05, 3.63) is 137 Å². The lowest BCUT2D eigenvalue weighted by Gasteiger charge is -2.20. The first-order chi connectivity index (χ1) is 16.2. The Balaban J connectivity index is 1.57. The fraction of sp³-hybridized carbons (Fsp3) is 0.107. The molecule has 0 bridgehead atoms. The van der Waals surface area contributed by atoms with Crippen molar-refractivity contribution < 1.29 is 13.5 Å². The van der Waals surface area contributed by atoms with Crippen LogP contribution in [0.3, 0.4) is 0 Å². The minimum absolute atomic E-state index is 0.265. The second-order valence-electron chi connectivity index (χ2n) is 7.90. The van der Waals surface area contributed by atoms with Gasteiger partial charge in [-0.15, -0.1) is 0 Å². The van der Waals surface area contributed by atoms with Crippen LogP contribution in [0.5, 0.6) is 0 Å². The maximum absolute atomic E-state index is 13.5. The van der Waals surface area contributed by atoms with Crippen LogP contribution < -0.4 is 0 Å². The molecule has 0 amide bonds. The first-order valence-corrected chi connectivity index (χ1v) is 10.8. The third-order valence-electron chi connectivity index (χ3n) is 5.60. The summed E-state index contributed by atoms with van der Waals surface area (Å²) in [5.74, 6) is 0.215. The van der Waals surface area contributed by atoms with E-state index in [2.05, 4.69) is 4.57 Å². The highest BCUT2D eigenvalue weighted by molar-refractivity contribution is 5.76. The Labute approximate surface area is 190 Å². The van der Waals surface area contributed by atoms with Gasteiger partial charge in [-0.2, -0.15) is 0 Å². The number of para-hydroxylation sites is 2. The third-order valence-corrected chi connectivity index (χ3v) is 5.60. The van der Waals surface area contributed by atoms with Crippen LogP contribution in [0, 0.1) is 11.6 Å². The number of imidazole rings is 1. The summed E-state index contributed by atoms with van der Waals surface area (Å²) in [6, 6.07) is 30.7. The molecule has 0 aliphatic heterocycles. The maximum atomic E-state index is 13.5. The van der Waals surface area contributed by atoms with Gasteiger partial charge in [0.1, 0.15) is 23.6 Å². The van der Waals surface area contributed by atoms with E-state index in [-0.39, 0.29) is 11.6 Å². The molecule has 33 heavy (non-hydrogen) atoms. The Bertz CT molecular complexity index is 1350. The van der Waals surface area contributed by atoms with Crippen LogP contribution in [0.4, 0.5) is 8.78 Å². The lowest BCUT2D eigenvalue weighted by Crippen LogP contribution is -2.14. The maximum Gasteiger partial charge on any atom is 0.144 e. The molecule has 1 unspecified atom stereocenters. The van der Waals surface area contributed by atoms with Gasteiger partial charge in [0.05, 0.1) is 17.6 Å². The summed E-state index contributed by atoms with van der Waals surface area (Å²) in [4.78, 5) is 4.93. The van der Waals surface area contributed by atoms with Crippen molar-refractivity contribution in [2.45, 2.75) is 19.3 Å². The molecule has 4 aromatic carbocycles. The molecule has 5 aromatic rings. The molecule has 164 valence electrons. The molecule has 0 saturated heterocycles. The van der Waals surface area contributed by atoms with E-state index in [9.17, 15) is 8.78 Å². The van der Waals surface area contributed by atoms with Crippen molar-refractivity contribution in [2.75, 3.05) is 0 Å². The number of hydrogen-bond donors (Lipinski definition) is 0. The first-order valence-electron chi connectivity index (χ1n) is 10.8. The first kappa shape index (κ1) is 21.0. The van der Waals surface area contributed by atoms with E-state index in [1.807, 2.05) is 54.6 Å². The van der Waals surface area contributed by atoms with Crippen LogP contribution >= 0.6 is 0 Å². The van der Waals surface area contributed by atoms with E-state index < -0.39 is 6.10 Å². The van der Waals surface area contributed by atoms with Crippen LogP contribution in [-0.4, -0.2) is 9.55 Å². The zero-order valence-electron chi connectivity index (χ0n) is 17.9. The molecular weight excluding hydrogens is 418 g/mol. The van der Waals surface area contributed by atoms with Gasteiger partial charge in [0.15, 0.2) is 0 Å². The minimum atomic E-state index is -0.441. The van der Waals surface area contributed by atoms with Gasteiger partial charge < -0.3 is 9.30 Å². The van der Waals surface area contributed by atoms with Gasteiger partial charge in [-0.3, -0.25) is 0 Å². The van der Waals surface area contributed by atoms with E-state index in [1.165, 1.54) is 24.3 Å². The Hall–Kier alpha value is -3.83. The summed E-state index contributed by atoms with van der Waals surface area (Å²) >= 11 is 0. The quantitative estimate of drug-likeness (QED) is 0.283. The van der Waals surface area contributed by atoms with Crippen molar-refractivity contribution in [2.24, 2.45) is 0 Å². The van der Waals surface area contributed by atoms with Gasteiger partial charge in [-0.25, -0.2) is 13.8 Å². The number of fused-ring (bicyclic) bond motifs is 1. The number of benzene rings is 4. The minimum Gasteiger partial charge on any atom is -0.361 e. The molecule has 3 nitrogen and oxygen atoms in total. The molecule has 0 aliphatic carbocycles. The van der Waals surface area contributed by atoms with Crippen LogP contribution in [0.2, 0.25) is 0 Å². The summed E-state index contributed by atoms with van der Waals surface area (Å²) in [6.45, 7) is 0.832. The van der Waals surface area contributed by atoms with Crippen LogP contribution in [0.25, 0.3) is 11.0 Å². The van der Waals surface area contributed by atoms with Crippen LogP contribution in [0.15, 0.2) is 103 Å². The Kier molecular flexibility index (Phi) is 5.96. The molecule has 1 heterocycles. The van der Waals surface area contributed by atoms with Gasteiger partial charge in [-0.05, 0) is 53.1 Å². The number of aromatic nitrogens is 2. The van der Waals surface area contributed by atoms with Gasteiger partial charge in [-0.1, -0.05) is 66.7 Å². The summed E-state index contributed by atoms with van der Waals surface area (Å²) in [6.07, 6.45) is -0.441.